The van der Waals surface area contributed by atoms with Crippen LogP contribution in [0.2, 0.25) is 5.02 Å². The van der Waals surface area contributed by atoms with Crippen molar-refractivity contribution in [1.29, 1.82) is 0 Å². The zero-order chi connectivity index (χ0) is 15.5. The molecule has 0 aliphatic rings. The normalized spacial score (nSPS) is 14.1. The monoisotopic (exact) mass is 313 g/mol. The lowest BCUT2D eigenvalue weighted by Crippen LogP contribution is -2.32. The van der Waals surface area contributed by atoms with E-state index in [0.717, 1.165) is 23.6 Å². The summed E-state index contributed by atoms with van der Waals surface area (Å²) in [4.78, 5) is 0. The van der Waals surface area contributed by atoms with Gasteiger partial charge in [-0.1, -0.05) is 49.9 Å². The van der Waals surface area contributed by atoms with Gasteiger partial charge in [0, 0.05) is 24.2 Å². The van der Waals surface area contributed by atoms with Gasteiger partial charge in [-0.3, -0.25) is 0 Å². The van der Waals surface area contributed by atoms with Crippen LogP contribution in [-0.4, -0.2) is 31.0 Å². The first-order chi connectivity index (χ1) is 10.1. The van der Waals surface area contributed by atoms with Crippen LogP contribution in [0.3, 0.4) is 0 Å². The maximum Gasteiger partial charge on any atom is 0.0897 e. The molecule has 1 rings (SSSR count). The van der Waals surface area contributed by atoms with Crippen molar-refractivity contribution in [2.24, 2.45) is 0 Å². The van der Waals surface area contributed by atoms with E-state index in [4.69, 9.17) is 16.3 Å². The number of benzene rings is 1. The molecule has 4 heteroatoms. The van der Waals surface area contributed by atoms with Crippen molar-refractivity contribution in [2.45, 2.75) is 51.7 Å². The smallest absolute Gasteiger partial charge is 0.0897 e. The Morgan fingerprint density at radius 1 is 1.19 bits per heavy atom. The van der Waals surface area contributed by atoms with Crippen LogP contribution in [0.1, 0.15) is 51.1 Å². The molecule has 0 saturated heterocycles. The summed E-state index contributed by atoms with van der Waals surface area (Å²) < 4.78 is 5.49. The summed E-state index contributed by atoms with van der Waals surface area (Å²) in [5, 5.41) is 13.9. The molecule has 0 aromatic heterocycles. The lowest BCUT2D eigenvalue weighted by Gasteiger charge is -2.17. The van der Waals surface area contributed by atoms with E-state index >= 15 is 0 Å². The quantitative estimate of drug-likeness (QED) is 0.608. The molecular formula is C17H28ClNO2. The Hall–Kier alpha value is -0.610. The van der Waals surface area contributed by atoms with Crippen LogP contribution in [0, 0.1) is 0 Å². The van der Waals surface area contributed by atoms with Gasteiger partial charge in [0.05, 0.1) is 12.7 Å². The van der Waals surface area contributed by atoms with Crippen molar-refractivity contribution in [3.8, 4) is 0 Å². The fraction of sp³-hybridized carbons (Fsp3) is 0.647. The highest BCUT2D eigenvalue weighted by molar-refractivity contribution is 6.30. The Kier molecular flexibility index (Phi) is 9.68. The molecule has 0 amide bonds. The molecule has 3 nitrogen and oxygen atoms in total. The number of halogens is 1. The first-order valence-electron chi connectivity index (χ1n) is 7.88. The largest absolute Gasteiger partial charge is 0.389 e. The standard InChI is InChI=1S/C17H28ClNO2/c1-3-4-5-6-11-21-13-17(20)12-19-14(2)15-7-9-16(18)10-8-15/h7-10,14,17,19-20H,3-6,11-13H2,1-2H3. The maximum absolute atomic E-state index is 9.88. The summed E-state index contributed by atoms with van der Waals surface area (Å²) in [5.41, 5.74) is 1.16. The Labute approximate surface area is 133 Å². The van der Waals surface area contributed by atoms with Gasteiger partial charge in [-0.25, -0.2) is 0 Å². The lowest BCUT2D eigenvalue weighted by molar-refractivity contribution is 0.0343. The fourth-order valence-electron chi connectivity index (χ4n) is 2.09. The number of rotatable bonds is 11. The molecule has 2 atom stereocenters. The minimum atomic E-state index is -0.467. The maximum atomic E-state index is 9.88. The van der Waals surface area contributed by atoms with Gasteiger partial charge in [0.15, 0.2) is 0 Å². The number of hydrogen-bond donors (Lipinski definition) is 2. The SMILES string of the molecule is CCCCCCOCC(O)CNC(C)c1ccc(Cl)cc1. The summed E-state index contributed by atoms with van der Waals surface area (Å²) >= 11 is 5.87. The summed E-state index contributed by atoms with van der Waals surface area (Å²) in [7, 11) is 0. The first-order valence-corrected chi connectivity index (χ1v) is 8.26. The molecule has 0 spiro atoms. The highest BCUT2D eigenvalue weighted by Crippen LogP contribution is 2.15. The first kappa shape index (κ1) is 18.4. The fourth-order valence-corrected chi connectivity index (χ4v) is 2.22. The summed E-state index contributed by atoms with van der Waals surface area (Å²) in [6.07, 6.45) is 4.31. The molecule has 0 heterocycles. The van der Waals surface area contributed by atoms with E-state index in [1.807, 2.05) is 24.3 Å². The van der Waals surface area contributed by atoms with Gasteiger partial charge >= 0.3 is 0 Å². The van der Waals surface area contributed by atoms with Gasteiger partial charge in [-0.05, 0) is 31.0 Å². The average molecular weight is 314 g/mol. The third-order valence-corrected chi connectivity index (χ3v) is 3.73. The molecule has 120 valence electrons. The zero-order valence-electron chi connectivity index (χ0n) is 13.1. The van der Waals surface area contributed by atoms with Crippen molar-refractivity contribution in [1.82, 2.24) is 5.32 Å². The van der Waals surface area contributed by atoms with Crippen molar-refractivity contribution in [3.63, 3.8) is 0 Å². The Morgan fingerprint density at radius 3 is 2.57 bits per heavy atom. The van der Waals surface area contributed by atoms with Crippen LogP contribution in [-0.2, 0) is 4.74 Å². The van der Waals surface area contributed by atoms with E-state index in [-0.39, 0.29) is 6.04 Å². The van der Waals surface area contributed by atoms with Crippen LogP contribution in [0.4, 0.5) is 0 Å². The van der Waals surface area contributed by atoms with Gasteiger partial charge in [-0.2, -0.15) is 0 Å². The van der Waals surface area contributed by atoms with Gasteiger partial charge < -0.3 is 15.2 Å². The minimum absolute atomic E-state index is 0.182. The summed E-state index contributed by atoms with van der Waals surface area (Å²) in [6, 6.07) is 7.93. The van der Waals surface area contributed by atoms with E-state index in [2.05, 4.69) is 19.2 Å². The van der Waals surface area contributed by atoms with Crippen molar-refractivity contribution < 1.29 is 9.84 Å². The van der Waals surface area contributed by atoms with E-state index in [9.17, 15) is 5.11 Å². The van der Waals surface area contributed by atoms with Crippen LogP contribution in [0.25, 0.3) is 0 Å². The predicted molar refractivity (Wildman–Crippen MR) is 88.8 cm³/mol. The van der Waals surface area contributed by atoms with Crippen molar-refractivity contribution in [2.75, 3.05) is 19.8 Å². The number of ether oxygens (including phenoxy) is 1. The molecular weight excluding hydrogens is 286 g/mol. The van der Waals surface area contributed by atoms with Crippen LogP contribution in [0.15, 0.2) is 24.3 Å². The molecule has 2 unspecified atom stereocenters. The molecule has 1 aromatic carbocycles. The second-order valence-corrected chi connectivity index (χ2v) is 5.91. The third-order valence-electron chi connectivity index (χ3n) is 3.48. The number of aliphatic hydroxyl groups excluding tert-OH is 1. The highest BCUT2D eigenvalue weighted by atomic mass is 35.5. The van der Waals surface area contributed by atoms with E-state index in [1.54, 1.807) is 0 Å². The Morgan fingerprint density at radius 2 is 1.90 bits per heavy atom. The van der Waals surface area contributed by atoms with Crippen molar-refractivity contribution >= 4 is 11.6 Å². The zero-order valence-corrected chi connectivity index (χ0v) is 13.9. The van der Waals surface area contributed by atoms with Gasteiger partial charge in [0.1, 0.15) is 0 Å². The molecule has 21 heavy (non-hydrogen) atoms. The van der Waals surface area contributed by atoms with Crippen molar-refractivity contribution in [3.05, 3.63) is 34.9 Å². The predicted octanol–water partition coefficient (Wildman–Crippen LogP) is 3.95. The topological polar surface area (TPSA) is 41.5 Å². The lowest BCUT2D eigenvalue weighted by atomic mass is 10.1. The number of hydrogen-bond acceptors (Lipinski definition) is 3. The second kappa shape index (κ2) is 11.0. The number of aliphatic hydroxyl groups is 1. The highest BCUT2D eigenvalue weighted by Gasteiger charge is 2.08. The molecule has 0 aliphatic heterocycles. The minimum Gasteiger partial charge on any atom is -0.389 e. The van der Waals surface area contributed by atoms with Gasteiger partial charge in [0.2, 0.25) is 0 Å². The molecule has 0 bridgehead atoms. The summed E-state index contributed by atoms with van der Waals surface area (Å²) in [5.74, 6) is 0. The number of nitrogens with one attached hydrogen (secondary N) is 1. The average Bonchev–Trinajstić information content (AvgIpc) is 2.49. The van der Waals surface area contributed by atoms with Gasteiger partial charge in [-0.15, -0.1) is 0 Å². The molecule has 0 saturated carbocycles. The van der Waals surface area contributed by atoms with Crippen LogP contribution < -0.4 is 5.32 Å². The molecule has 0 aliphatic carbocycles. The Bertz CT molecular complexity index is 370. The van der Waals surface area contributed by atoms with Gasteiger partial charge in [0.25, 0.3) is 0 Å². The third kappa shape index (κ3) is 8.42. The Balaban J connectivity index is 2.11. The van der Waals surface area contributed by atoms with E-state index in [0.29, 0.717) is 13.2 Å². The number of unbranched alkanes of at least 4 members (excludes halogenated alkanes) is 3. The molecule has 2 N–H and O–H groups in total. The summed E-state index contributed by atoms with van der Waals surface area (Å²) in [6.45, 7) is 5.93. The van der Waals surface area contributed by atoms with Crippen LogP contribution >= 0.6 is 11.6 Å². The second-order valence-electron chi connectivity index (χ2n) is 5.47. The van der Waals surface area contributed by atoms with E-state index in [1.165, 1.54) is 19.3 Å². The molecule has 0 fully saturated rings. The van der Waals surface area contributed by atoms with Crippen LogP contribution in [0.5, 0.6) is 0 Å². The molecule has 1 aromatic rings. The van der Waals surface area contributed by atoms with E-state index < -0.39 is 6.10 Å². The molecule has 0 radical (unpaired) electrons.